The van der Waals surface area contributed by atoms with Gasteiger partial charge in [-0.25, -0.2) is 4.98 Å². The molecule has 0 saturated carbocycles. The second-order valence-electron chi connectivity index (χ2n) is 14.1. The fraction of sp³-hybridized carbons (Fsp3) is 0.273. The SMILES string of the molecule is Cc1cccc(C)c1-c1c(C)nn(-c2[c-]c(Oc3[c-]c4c(cc3)c3ccccc3n4-c3cc(C(C)C)ccn3)cc(C(C)C)c2)c1C(C)C.[Pt+2]. The van der Waals surface area contributed by atoms with E-state index in [-0.39, 0.29) is 32.9 Å². The number of aromatic nitrogens is 4. The molecule has 0 bridgehead atoms. The molecule has 50 heavy (non-hydrogen) atoms. The summed E-state index contributed by atoms with van der Waals surface area (Å²) < 4.78 is 10.9. The number of aryl methyl sites for hydroxylation is 3. The van der Waals surface area contributed by atoms with Crippen LogP contribution in [0.4, 0.5) is 0 Å². The third kappa shape index (κ3) is 6.33. The molecule has 256 valence electrons. The molecule has 0 N–H and O–H groups in total. The van der Waals surface area contributed by atoms with E-state index in [1.807, 2.05) is 12.3 Å². The number of fused-ring (bicyclic) bond motifs is 3. The molecular weight excluding hydrogens is 796 g/mol. The Morgan fingerprint density at radius 3 is 2.08 bits per heavy atom. The number of hydrogen-bond acceptors (Lipinski definition) is 3. The molecule has 0 fully saturated rings. The van der Waals surface area contributed by atoms with E-state index in [9.17, 15) is 0 Å². The molecule has 0 aliphatic rings. The summed E-state index contributed by atoms with van der Waals surface area (Å²) >= 11 is 0. The van der Waals surface area contributed by atoms with E-state index < -0.39 is 0 Å². The minimum atomic E-state index is 0. The van der Waals surface area contributed by atoms with Gasteiger partial charge in [0.15, 0.2) is 0 Å². The Hall–Kier alpha value is -4.47. The monoisotopic (exact) mass is 839 g/mol. The largest absolute Gasteiger partial charge is 2.00 e. The predicted molar refractivity (Wildman–Crippen MR) is 202 cm³/mol. The number of rotatable bonds is 8. The summed E-state index contributed by atoms with van der Waals surface area (Å²) in [4.78, 5) is 4.80. The van der Waals surface area contributed by atoms with E-state index >= 15 is 0 Å². The average Bonchev–Trinajstić information content (AvgIpc) is 3.59. The first-order valence-corrected chi connectivity index (χ1v) is 17.3. The minimum absolute atomic E-state index is 0. The van der Waals surface area contributed by atoms with Crippen LogP contribution in [0, 0.1) is 32.9 Å². The van der Waals surface area contributed by atoms with Crippen molar-refractivity contribution in [1.29, 1.82) is 0 Å². The van der Waals surface area contributed by atoms with Crippen LogP contribution in [-0.4, -0.2) is 19.3 Å². The van der Waals surface area contributed by atoms with Crippen LogP contribution in [0.2, 0.25) is 0 Å². The van der Waals surface area contributed by atoms with Crippen molar-refractivity contribution in [2.24, 2.45) is 0 Å². The summed E-state index contributed by atoms with van der Waals surface area (Å²) in [5, 5.41) is 7.41. The van der Waals surface area contributed by atoms with E-state index in [1.165, 1.54) is 33.5 Å². The summed E-state index contributed by atoms with van der Waals surface area (Å²) in [5.41, 5.74) is 12.4. The smallest absolute Gasteiger partial charge is 0.509 e. The van der Waals surface area contributed by atoms with Gasteiger partial charge in [-0.05, 0) is 90.1 Å². The molecule has 7 rings (SSSR count). The van der Waals surface area contributed by atoms with Crippen molar-refractivity contribution in [2.75, 3.05) is 0 Å². The van der Waals surface area contributed by atoms with E-state index in [0.29, 0.717) is 17.4 Å². The zero-order valence-electron chi connectivity index (χ0n) is 30.3. The molecule has 0 unspecified atom stereocenters. The van der Waals surface area contributed by atoms with Gasteiger partial charge >= 0.3 is 21.1 Å². The van der Waals surface area contributed by atoms with Crippen molar-refractivity contribution < 1.29 is 25.8 Å². The molecule has 0 amide bonds. The molecule has 3 aromatic heterocycles. The standard InChI is InChI=1S/C44H44N4O.Pt/c1-26(2)32-19-20-45-41(23-32)47-39-16-11-10-15-37(39)38-18-17-35(25-40(38)47)49-36-22-33(27(3)4)21-34(24-36)48-44(28(5)6)43(31(9)46-48)42-29(7)13-12-14-30(42)8;/h10-23,26-28H,1-9H3;/q-2;+2. The van der Waals surface area contributed by atoms with Gasteiger partial charge in [0.2, 0.25) is 0 Å². The maximum absolute atomic E-state index is 6.66. The van der Waals surface area contributed by atoms with Crippen molar-refractivity contribution in [1.82, 2.24) is 19.3 Å². The Morgan fingerprint density at radius 1 is 0.660 bits per heavy atom. The van der Waals surface area contributed by atoms with Crippen molar-refractivity contribution >= 4 is 21.8 Å². The van der Waals surface area contributed by atoms with E-state index in [1.54, 1.807) is 0 Å². The second kappa shape index (κ2) is 14.0. The van der Waals surface area contributed by atoms with Crippen LogP contribution in [0.15, 0.2) is 85.1 Å². The normalized spacial score (nSPS) is 11.7. The summed E-state index contributed by atoms with van der Waals surface area (Å²) in [6, 6.07) is 34.9. The van der Waals surface area contributed by atoms with Crippen molar-refractivity contribution in [3.63, 3.8) is 0 Å². The molecule has 0 saturated heterocycles. The fourth-order valence-electron chi connectivity index (χ4n) is 7.04. The van der Waals surface area contributed by atoms with Gasteiger partial charge in [0, 0.05) is 28.8 Å². The van der Waals surface area contributed by atoms with Crippen molar-refractivity contribution in [3.8, 4) is 34.1 Å². The number of para-hydroxylation sites is 1. The molecule has 0 atom stereocenters. The van der Waals surface area contributed by atoms with Crippen LogP contribution in [0.3, 0.4) is 0 Å². The third-order valence-electron chi connectivity index (χ3n) is 9.56. The maximum Gasteiger partial charge on any atom is 2.00 e. The number of ether oxygens (including phenoxy) is 1. The molecule has 0 aliphatic carbocycles. The van der Waals surface area contributed by atoms with Crippen molar-refractivity contribution in [2.45, 2.75) is 80.1 Å². The number of benzene rings is 4. The number of pyridine rings is 1. The quantitative estimate of drug-likeness (QED) is 0.143. The van der Waals surface area contributed by atoms with Gasteiger partial charge in [-0.1, -0.05) is 83.5 Å². The van der Waals surface area contributed by atoms with Crippen LogP contribution < -0.4 is 4.74 Å². The van der Waals surface area contributed by atoms with E-state index in [0.717, 1.165) is 44.6 Å². The van der Waals surface area contributed by atoms with Crippen LogP contribution >= 0.6 is 0 Å². The molecule has 6 heteroatoms. The fourth-order valence-corrected chi connectivity index (χ4v) is 7.04. The zero-order valence-corrected chi connectivity index (χ0v) is 32.6. The van der Waals surface area contributed by atoms with Gasteiger partial charge in [0.05, 0.1) is 11.4 Å². The summed E-state index contributed by atoms with van der Waals surface area (Å²) in [7, 11) is 0. The van der Waals surface area contributed by atoms with Gasteiger partial charge in [0.25, 0.3) is 0 Å². The molecular formula is C44H44N4OPt. The number of hydrogen-bond donors (Lipinski definition) is 0. The first-order valence-electron chi connectivity index (χ1n) is 17.3. The van der Waals surface area contributed by atoms with Gasteiger partial charge < -0.3 is 9.30 Å². The third-order valence-corrected chi connectivity index (χ3v) is 9.56. The summed E-state index contributed by atoms with van der Waals surface area (Å²) in [6.07, 6.45) is 1.90. The van der Waals surface area contributed by atoms with Gasteiger partial charge in [-0.15, -0.1) is 41.3 Å². The Balaban J connectivity index is 0.00000432. The van der Waals surface area contributed by atoms with E-state index in [4.69, 9.17) is 14.8 Å². The van der Waals surface area contributed by atoms with Crippen LogP contribution in [0.5, 0.6) is 11.5 Å². The molecule has 0 spiro atoms. The molecule has 7 aromatic rings. The molecule has 5 nitrogen and oxygen atoms in total. The molecule has 4 aromatic carbocycles. The molecule has 0 radical (unpaired) electrons. The number of nitrogens with zero attached hydrogens (tertiary/aromatic N) is 4. The van der Waals surface area contributed by atoms with Crippen molar-refractivity contribution in [3.05, 3.63) is 131 Å². The Kier molecular flexibility index (Phi) is 9.93. The Bertz CT molecular complexity index is 2320. The van der Waals surface area contributed by atoms with Crippen LogP contribution in [0.25, 0.3) is 44.4 Å². The molecule has 0 aliphatic heterocycles. The first kappa shape index (κ1) is 35.4. The Labute approximate surface area is 310 Å². The van der Waals surface area contributed by atoms with Gasteiger partial charge in [-0.2, -0.15) is 11.2 Å². The second-order valence-corrected chi connectivity index (χ2v) is 14.1. The summed E-state index contributed by atoms with van der Waals surface area (Å²) in [6.45, 7) is 19.8. The summed E-state index contributed by atoms with van der Waals surface area (Å²) in [5.74, 6) is 3.03. The minimum Gasteiger partial charge on any atom is -0.509 e. The first-order chi connectivity index (χ1) is 23.5. The van der Waals surface area contributed by atoms with Crippen LogP contribution in [0.1, 0.15) is 92.9 Å². The van der Waals surface area contributed by atoms with Gasteiger partial charge in [-0.3, -0.25) is 4.68 Å². The predicted octanol–water partition coefficient (Wildman–Crippen LogP) is 11.7. The van der Waals surface area contributed by atoms with Gasteiger partial charge in [0.1, 0.15) is 5.82 Å². The maximum atomic E-state index is 6.66. The van der Waals surface area contributed by atoms with E-state index in [2.05, 4.69) is 156 Å². The zero-order chi connectivity index (χ0) is 34.6. The van der Waals surface area contributed by atoms with Crippen LogP contribution in [-0.2, 0) is 21.1 Å². The Morgan fingerprint density at radius 2 is 1.38 bits per heavy atom. The average molecular weight is 840 g/mol. The topological polar surface area (TPSA) is 44.9 Å². The molecule has 3 heterocycles.